The molecule has 0 aromatic heterocycles. The molecule has 2 heterocycles. The smallest absolute Gasteiger partial charge is 0.325 e. The maximum absolute atomic E-state index is 13.0. The van der Waals surface area contributed by atoms with Crippen molar-refractivity contribution in [1.29, 1.82) is 0 Å². The van der Waals surface area contributed by atoms with Gasteiger partial charge in [0.2, 0.25) is 5.91 Å². The van der Waals surface area contributed by atoms with E-state index in [4.69, 9.17) is 32.7 Å². The van der Waals surface area contributed by atoms with Crippen LogP contribution in [0.3, 0.4) is 0 Å². The summed E-state index contributed by atoms with van der Waals surface area (Å²) in [5.74, 6) is -0.547. The number of anilines is 1. The first kappa shape index (κ1) is 22.7. The normalized spacial score (nSPS) is 19.2. The van der Waals surface area contributed by atoms with Crippen molar-refractivity contribution in [2.45, 2.75) is 12.5 Å². The molecule has 2 aliphatic heterocycles. The molecule has 12 heteroatoms. The summed E-state index contributed by atoms with van der Waals surface area (Å²) in [4.78, 5) is 50.6. The zero-order valence-electron chi connectivity index (χ0n) is 17.2. The summed E-state index contributed by atoms with van der Waals surface area (Å²) in [6.07, 6.45) is 0. The van der Waals surface area contributed by atoms with Crippen molar-refractivity contribution < 1.29 is 28.7 Å². The van der Waals surface area contributed by atoms with Gasteiger partial charge in [0.05, 0.1) is 0 Å². The summed E-state index contributed by atoms with van der Waals surface area (Å²) in [5.41, 5.74) is -0.803. The fourth-order valence-electron chi connectivity index (χ4n) is 3.51. The molecule has 0 unspecified atom stereocenters. The lowest BCUT2D eigenvalue weighted by Crippen LogP contribution is -2.45. The lowest BCUT2D eigenvalue weighted by atomic mass is 9.92. The van der Waals surface area contributed by atoms with Gasteiger partial charge in [-0.25, -0.2) is 9.59 Å². The summed E-state index contributed by atoms with van der Waals surface area (Å²) in [6, 6.07) is 7.62. The Hall–Kier alpha value is -3.50. The highest BCUT2D eigenvalue weighted by Gasteiger charge is 2.50. The molecule has 33 heavy (non-hydrogen) atoms. The Morgan fingerprint density at radius 1 is 1.09 bits per heavy atom. The quantitative estimate of drug-likeness (QED) is 0.563. The van der Waals surface area contributed by atoms with Gasteiger partial charge < -0.3 is 20.1 Å². The molecule has 4 rings (SSSR count). The van der Waals surface area contributed by atoms with Crippen LogP contribution in [-0.2, 0) is 15.1 Å². The second-order valence-electron chi connectivity index (χ2n) is 7.43. The van der Waals surface area contributed by atoms with E-state index in [-0.39, 0.29) is 5.02 Å². The zero-order chi connectivity index (χ0) is 23.8. The highest BCUT2D eigenvalue weighted by atomic mass is 35.5. The van der Waals surface area contributed by atoms with Crippen LogP contribution >= 0.6 is 23.2 Å². The Balaban J connectivity index is 1.39. The average Bonchev–Trinajstić information content (AvgIpc) is 2.97. The minimum absolute atomic E-state index is 0.184. The van der Waals surface area contributed by atoms with E-state index in [0.717, 1.165) is 0 Å². The van der Waals surface area contributed by atoms with Crippen LogP contribution in [0.25, 0.3) is 0 Å². The summed E-state index contributed by atoms with van der Waals surface area (Å²) in [5, 5.41) is 7.66. The number of carbonyl (C=O) groups excluding carboxylic acids is 4. The molecule has 0 saturated carbocycles. The molecule has 0 aliphatic carbocycles. The van der Waals surface area contributed by atoms with E-state index >= 15 is 0 Å². The van der Waals surface area contributed by atoms with Crippen molar-refractivity contribution in [3.05, 3.63) is 52.0 Å². The van der Waals surface area contributed by atoms with Crippen molar-refractivity contribution in [2.75, 3.05) is 25.1 Å². The number of fused-ring (bicyclic) bond motifs is 1. The number of amides is 6. The second kappa shape index (κ2) is 8.80. The Kier molecular flexibility index (Phi) is 6.05. The molecule has 10 nitrogen and oxygen atoms in total. The fourth-order valence-corrected chi connectivity index (χ4v) is 4.11. The number of ether oxygens (including phenoxy) is 2. The lowest BCUT2D eigenvalue weighted by Gasteiger charge is -2.23. The molecule has 1 fully saturated rings. The molecule has 1 atom stereocenters. The summed E-state index contributed by atoms with van der Waals surface area (Å²) < 4.78 is 10.8. The van der Waals surface area contributed by atoms with Crippen LogP contribution in [0.1, 0.15) is 12.5 Å². The number of nitrogens with zero attached hydrogens (tertiary/aromatic N) is 1. The van der Waals surface area contributed by atoms with Crippen molar-refractivity contribution in [3.63, 3.8) is 0 Å². The number of hydrogen-bond acceptors (Lipinski definition) is 6. The molecular weight excluding hydrogens is 475 g/mol. The number of benzene rings is 2. The van der Waals surface area contributed by atoms with E-state index in [1.165, 1.54) is 25.1 Å². The fraction of sp³-hybridized carbons (Fsp3) is 0.238. The first-order valence-electron chi connectivity index (χ1n) is 9.77. The predicted molar refractivity (Wildman–Crippen MR) is 119 cm³/mol. The minimum Gasteiger partial charge on any atom is -0.486 e. The van der Waals surface area contributed by atoms with E-state index < -0.39 is 36.0 Å². The maximum atomic E-state index is 13.0. The van der Waals surface area contributed by atoms with Gasteiger partial charge >= 0.3 is 12.1 Å². The van der Waals surface area contributed by atoms with Crippen molar-refractivity contribution in [2.24, 2.45) is 0 Å². The van der Waals surface area contributed by atoms with Crippen LogP contribution in [0, 0.1) is 0 Å². The highest BCUT2D eigenvalue weighted by molar-refractivity contribution is 6.35. The van der Waals surface area contributed by atoms with Gasteiger partial charge in [-0.1, -0.05) is 29.3 Å². The Morgan fingerprint density at radius 2 is 1.82 bits per heavy atom. The first-order chi connectivity index (χ1) is 15.7. The molecule has 172 valence electrons. The van der Waals surface area contributed by atoms with Gasteiger partial charge in [0.15, 0.2) is 11.5 Å². The molecule has 0 spiro atoms. The second-order valence-corrected chi connectivity index (χ2v) is 8.27. The molecule has 6 amide bonds. The number of hydrogen-bond donors (Lipinski definition) is 3. The molecule has 0 bridgehead atoms. The zero-order valence-corrected chi connectivity index (χ0v) is 18.7. The topological polar surface area (TPSA) is 126 Å². The van der Waals surface area contributed by atoms with Gasteiger partial charge in [-0.15, -0.1) is 0 Å². The van der Waals surface area contributed by atoms with Crippen LogP contribution in [0.4, 0.5) is 15.3 Å². The lowest BCUT2D eigenvalue weighted by molar-refractivity contribution is -0.134. The SMILES string of the molecule is C[C@]1(c2ccc(Cl)cc2Cl)NC(=O)N(CC(=O)NC(=O)Nc2ccc3c(c2)OCCO3)C1=O. The average molecular weight is 493 g/mol. The van der Waals surface area contributed by atoms with Crippen molar-refractivity contribution >= 4 is 52.8 Å². The third-order valence-corrected chi connectivity index (χ3v) is 5.65. The highest BCUT2D eigenvalue weighted by Crippen LogP contribution is 2.35. The van der Waals surface area contributed by atoms with Gasteiger partial charge in [-0.05, 0) is 31.2 Å². The van der Waals surface area contributed by atoms with E-state index in [0.29, 0.717) is 45.9 Å². The van der Waals surface area contributed by atoms with E-state index in [2.05, 4.69) is 16.0 Å². The molecule has 0 radical (unpaired) electrons. The first-order valence-corrected chi connectivity index (χ1v) is 10.5. The summed E-state index contributed by atoms with van der Waals surface area (Å²) >= 11 is 12.1. The number of carbonyl (C=O) groups is 4. The van der Waals surface area contributed by atoms with Gasteiger partial charge in [0.25, 0.3) is 5.91 Å². The van der Waals surface area contributed by atoms with Crippen LogP contribution in [0.2, 0.25) is 10.0 Å². The number of halogens is 2. The van der Waals surface area contributed by atoms with Crippen LogP contribution < -0.4 is 25.4 Å². The third kappa shape index (κ3) is 4.53. The monoisotopic (exact) mass is 492 g/mol. The summed E-state index contributed by atoms with van der Waals surface area (Å²) in [7, 11) is 0. The van der Waals surface area contributed by atoms with Crippen LogP contribution in [0.15, 0.2) is 36.4 Å². The maximum Gasteiger partial charge on any atom is 0.325 e. The number of urea groups is 2. The molecule has 2 aromatic carbocycles. The predicted octanol–water partition coefficient (Wildman–Crippen LogP) is 2.88. The molecule has 2 aromatic rings. The third-order valence-electron chi connectivity index (χ3n) is 5.10. The number of rotatable bonds is 4. The van der Waals surface area contributed by atoms with E-state index in [1.807, 2.05) is 0 Å². The standard InChI is InChI=1S/C21H18Cl2N4O6/c1-21(13-4-2-11(22)8-14(13)23)18(29)27(20(31)26-21)10-17(28)25-19(30)24-12-3-5-15-16(9-12)33-7-6-32-15/h2-5,8-9H,6-7,10H2,1H3,(H,26,31)(H2,24,25,28,30)/t21-/m1/s1. The molecule has 1 saturated heterocycles. The van der Waals surface area contributed by atoms with Crippen molar-refractivity contribution in [3.8, 4) is 11.5 Å². The number of nitrogens with one attached hydrogen (secondary N) is 3. The Bertz CT molecular complexity index is 1170. The van der Waals surface area contributed by atoms with E-state index in [9.17, 15) is 19.2 Å². The van der Waals surface area contributed by atoms with Gasteiger partial charge in [-0.2, -0.15) is 0 Å². The minimum atomic E-state index is -1.49. The van der Waals surface area contributed by atoms with E-state index in [1.54, 1.807) is 18.2 Å². The Morgan fingerprint density at radius 3 is 2.55 bits per heavy atom. The molecular formula is C21H18Cl2N4O6. The van der Waals surface area contributed by atoms with Gasteiger partial charge in [0.1, 0.15) is 25.3 Å². The largest absolute Gasteiger partial charge is 0.486 e. The molecule has 2 aliphatic rings. The Labute approximate surface area is 198 Å². The van der Waals surface area contributed by atoms with Gasteiger partial charge in [-0.3, -0.25) is 19.8 Å². The van der Waals surface area contributed by atoms with Crippen molar-refractivity contribution in [1.82, 2.24) is 15.5 Å². The van der Waals surface area contributed by atoms with Gasteiger partial charge in [0, 0.05) is 27.4 Å². The van der Waals surface area contributed by atoms with Crippen LogP contribution in [-0.4, -0.2) is 48.5 Å². The van der Waals surface area contributed by atoms with Crippen LogP contribution in [0.5, 0.6) is 11.5 Å². The summed E-state index contributed by atoms with van der Waals surface area (Å²) in [6.45, 7) is 1.61. The number of imide groups is 2. The molecule has 3 N–H and O–H groups in total.